The van der Waals surface area contributed by atoms with Gasteiger partial charge in [0.1, 0.15) is 12.4 Å². The van der Waals surface area contributed by atoms with Gasteiger partial charge in [0.05, 0.1) is 12.6 Å². The highest BCUT2D eigenvalue weighted by Crippen LogP contribution is 2.25. The normalized spacial score (nSPS) is 16.3. The summed E-state index contributed by atoms with van der Waals surface area (Å²) in [4.78, 5) is 14.4. The van der Waals surface area contributed by atoms with Crippen LogP contribution in [-0.2, 0) is 6.54 Å². The zero-order chi connectivity index (χ0) is 17.9. The zero-order valence-corrected chi connectivity index (χ0v) is 14.9. The van der Waals surface area contributed by atoms with Gasteiger partial charge < -0.3 is 19.5 Å². The summed E-state index contributed by atoms with van der Waals surface area (Å²) in [7, 11) is 0. The molecule has 3 aromatic rings. The molecule has 1 aromatic heterocycles. The fourth-order valence-corrected chi connectivity index (χ4v) is 3.54. The first-order chi connectivity index (χ1) is 12.7. The highest BCUT2D eigenvalue weighted by Gasteiger charge is 2.26. The number of fused-ring (bicyclic) bond motifs is 2. The monoisotopic (exact) mass is 349 g/mol. The molecular formula is C21H23N3O2. The second kappa shape index (κ2) is 7.12. The fraction of sp³-hybridized carbons (Fsp3) is 0.286. The van der Waals surface area contributed by atoms with Crippen LogP contribution >= 0.6 is 0 Å². The molecular weight excluding hydrogens is 326 g/mol. The van der Waals surface area contributed by atoms with Crippen molar-refractivity contribution in [3.05, 3.63) is 66.5 Å². The number of aromatic nitrogens is 1. The van der Waals surface area contributed by atoms with Gasteiger partial charge in [-0.05, 0) is 42.0 Å². The number of hydrogen-bond donors (Lipinski definition) is 1. The van der Waals surface area contributed by atoms with Gasteiger partial charge in [0.25, 0.3) is 0 Å². The molecule has 1 aliphatic rings. The van der Waals surface area contributed by atoms with Crippen molar-refractivity contribution in [1.29, 1.82) is 0 Å². The summed E-state index contributed by atoms with van der Waals surface area (Å²) in [6.45, 7) is 4.56. The fourth-order valence-electron chi connectivity index (χ4n) is 3.54. The van der Waals surface area contributed by atoms with Crippen molar-refractivity contribution < 1.29 is 9.53 Å². The Hall–Kier alpha value is -2.95. The van der Waals surface area contributed by atoms with Gasteiger partial charge >= 0.3 is 6.03 Å². The number of carbonyl (C=O) groups excluding carboxylic acids is 1. The number of hydrogen-bond acceptors (Lipinski definition) is 2. The number of ether oxygens (including phenoxy) is 1. The first-order valence-electron chi connectivity index (χ1n) is 9.03. The van der Waals surface area contributed by atoms with Crippen LogP contribution in [0.4, 0.5) is 4.79 Å². The summed E-state index contributed by atoms with van der Waals surface area (Å²) < 4.78 is 7.99. The number of rotatable bonds is 4. The van der Waals surface area contributed by atoms with E-state index in [1.165, 1.54) is 11.1 Å². The van der Waals surface area contributed by atoms with E-state index in [4.69, 9.17) is 4.74 Å². The average Bonchev–Trinajstić information content (AvgIpc) is 3.15. The topological polar surface area (TPSA) is 46.5 Å². The molecule has 0 radical (unpaired) electrons. The van der Waals surface area contributed by atoms with Crippen LogP contribution < -0.4 is 10.1 Å². The number of nitrogens with zero attached hydrogens (tertiary/aromatic N) is 2. The van der Waals surface area contributed by atoms with E-state index in [0.29, 0.717) is 13.2 Å². The minimum Gasteiger partial charge on any atom is -0.492 e. The Morgan fingerprint density at radius 1 is 1.12 bits per heavy atom. The van der Waals surface area contributed by atoms with Crippen molar-refractivity contribution in [3.63, 3.8) is 0 Å². The standard InChI is InChI=1S/C21H23N3O2/c1-16-20-7-4-11-23(20)12-13-24(16)21(25)22-10-14-26-19-9-8-17-5-2-3-6-18(17)15-19/h2-9,11,15-16H,10,12-14H2,1H3,(H,22,25). The highest BCUT2D eigenvalue weighted by atomic mass is 16.5. The third-order valence-electron chi connectivity index (χ3n) is 4.97. The lowest BCUT2D eigenvalue weighted by Gasteiger charge is -2.34. The summed E-state index contributed by atoms with van der Waals surface area (Å²) in [6.07, 6.45) is 2.07. The predicted molar refractivity (Wildman–Crippen MR) is 102 cm³/mol. The molecule has 5 nitrogen and oxygen atoms in total. The molecule has 26 heavy (non-hydrogen) atoms. The van der Waals surface area contributed by atoms with Crippen molar-refractivity contribution in [2.75, 3.05) is 19.7 Å². The average molecular weight is 349 g/mol. The lowest BCUT2D eigenvalue weighted by molar-refractivity contribution is 0.160. The number of carbonyl (C=O) groups is 1. The van der Waals surface area contributed by atoms with Gasteiger partial charge in [-0.2, -0.15) is 0 Å². The first kappa shape index (κ1) is 16.5. The van der Waals surface area contributed by atoms with E-state index in [9.17, 15) is 4.79 Å². The van der Waals surface area contributed by atoms with Crippen LogP contribution in [0.2, 0.25) is 0 Å². The van der Waals surface area contributed by atoms with Crippen LogP contribution in [0.3, 0.4) is 0 Å². The Morgan fingerprint density at radius 2 is 1.96 bits per heavy atom. The van der Waals surface area contributed by atoms with Crippen molar-refractivity contribution in [1.82, 2.24) is 14.8 Å². The molecule has 0 bridgehead atoms. The molecule has 5 heteroatoms. The van der Waals surface area contributed by atoms with Crippen LogP contribution in [0.15, 0.2) is 60.8 Å². The SMILES string of the molecule is CC1c2cccn2CCN1C(=O)NCCOc1ccc2ccccc2c1. The Kier molecular flexibility index (Phi) is 4.52. The first-order valence-corrected chi connectivity index (χ1v) is 9.03. The molecule has 4 rings (SSSR count). The second-order valence-electron chi connectivity index (χ2n) is 6.59. The van der Waals surface area contributed by atoms with Crippen LogP contribution in [0.25, 0.3) is 10.8 Å². The summed E-state index contributed by atoms with van der Waals surface area (Å²) in [6, 6.07) is 18.4. The Balaban J connectivity index is 1.28. The van der Waals surface area contributed by atoms with E-state index >= 15 is 0 Å². The van der Waals surface area contributed by atoms with Crippen molar-refractivity contribution in [3.8, 4) is 5.75 Å². The molecule has 0 spiro atoms. The minimum atomic E-state index is -0.0351. The van der Waals surface area contributed by atoms with E-state index in [1.54, 1.807) is 0 Å². The molecule has 134 valence electrons. The second-order valence-corrected chi connectivity index (χ2v) is 6.59. The summed E-state index contributed by atoms with van der Waals surface area (Å²) in [5, 5.41) is 5.31. The molecule has 1 atom stereocenters. The number of amides is 2. The Labute approximate surface area is 153 Å². The summed E-state index contributed by atoms with van der Waals surface area (Å²) in [5.74, 6) is 0.821. The highest BCUT2D eigenvalue weighted by molar-refractivity contribution is 5.83. The van der Waals surface area contributed by atoms with Gasteiger partial charge in [-0.1, -0.05) is 30.3 Å². The van der Waals surface area contributed by atoms with Crippen LogP contribution in [0.1, 0.15) is 18.7 Å². The molecule has 2 amide bonds. The molecule has 0 aliphatic carbocycles. The zero-order valence-electron chi connectivity index (χ0n) is 14.9. The summed E-state index contributed by atoms with van der Waals surface area (Å²) in [5.41, 5.74) is 1.18. The number of urea groups is 1. The number of benzene rings is 2. The summed E-state index contributed by atoms with van der Waals surface area (Å²) >= 11 is 0. The predicted octanol–water partition coefficient (Wildman–Crippen LogP) is 3.81. The smallest absolute Gasteiger partial charge is 0.318 e. The van der Waals surface area contributed by atoms with E-state index < -0.39 is 0 Å². The van der Waals surface area contributed by atoms with Gasteiger partial charge in [0, 0.05) is 25.0 Å². The van der Waals surface area contributed by atoms with E-state index in [0.717, 1.165) is 24.2 Å². The molecule has 0 saturated carbocycles. The molecule has 1 aliphatic heterocycles. The lowest BCUT2D eigenvalue weighted by atomic mass is 10.1. The molecule has 2 aromatic carbocycles. The van der Waals surface area contributed by atoms with E-state index in [-0.39, 0.29) is 12.1 Å². The largest absolute Gasteiger partial charge is 0.492 e. The molecule has 1 unspecified atom stereocenters. The van der Waals surface area contributed by atoms with Crippen molar-refractivity contribution in [2.24, 2.45) is 0 Å². The number of nitrogens with one attached hydrogen (secondary N) is 1. The maximum atomic E-state index is 12.5. The van der Waals surface area contributed by atoms with Gasteiger partial charge in [0.2, 0.25) is 0 Å². The molecule has 2 heterocycles. The van der Waals surface area contributed by atoms with Gasteiger partial charge in [-0.3, -0.25) is 0 Å². The lowest BCUT2D eigenvalue weighted by Crippen LogP contribution is -2.46. The minimum absolute atomic E-state index is 0.0351. The third-order valence-corrected chi connectivity index (χ3v) is 4.97. The molecule has 0 fully saturated rings. The molecule has 0 saturated heterocycles. The maximum Gasteiger partial charge on any atom is 0.318 e. The quantitative estimate of drug-likeness (QED) is 0.728. The van der Waals surface area contributed by atoms with E-state index in [1.807, 2.05) is 41.3 Å². The van der Waals surface area contributed by atoms with Crippen molar-refractivity contribution >= 4 is 16.8 Å². The van der Waals surface area contributed by atoms with Crippen LogP contribution in [-0.4, -0.2) is 35.2 Å². The van der Waals surface area contributed by atoms with Crippen molar-refractivity contribution in [2.45, 2.75) is 19.5 Å². The Morgan fingerprint density at radius 3 is 2.85 bits per heavy atom. The van der Waals surface area contributed by atoms with Crippen LogP contribution in [0.5, 0.6) is 5.75 Å². The maximum absolute atomic E-state index is 12.5. The van der Waals surface area contributed by atoms with Gasteiger partial charge in [-0.25, -0.2) is 4.79 Å². The third kappa shape index (κ3) is 3.25. The van der Waals surface area contributed by atoms with Crippen LogP contribution in [0, 0.1) is 0 Å². The molecule has 1 N–H and O–H groups in total. The van der Waals surface area contributed by atoms with Gasteiger partial charge in [0.15, 0.2) is 0 Å². The van der Waals surface area contributed by atoms with E-state index in [2.05, 4.69) is 41.2 Å². The Bertz CT molecular complexity index is 918. The van der Waals surface area contributed by atoms with Gasteiger partial charge in [-0.15, -0.1) is 0 Å².